The molecule has 0 unspecified atom stereocenters. The fraction of sp³-hybridized carbons (Fsp3) is 0.136. The molecule has 0 amide bonds. The van der Waals surface area contributed by atoms with E-state index in [2.05, 4.69) is 34.7 Å². The molecule has 0 spiro atoms. The lowest BCUT2D eigenvalue weighted by molar-refractivity contribution is 0.861. The van der Waals surface area contributed by atoms with Crippen LogP contribution in [0, 0.1) is 0 Å². The van der Waals surface area contributed by atoms with Gasteiger partial charge in [-0.2, -0.15) is 0 Å². The van der Waals surface area contributed by atoms with Gasteiger partial charge in [-0.3, -0.25) is 0 Å². The highest BCUT2D eigenvalue weighted by Crippen LogP contribution is 2.38. The minimum Gasteiger partial charge on any atom is -0.365 e. The van der Waals surface area contributed by atoms with E-state index >= 15 is 0 Å². The van der Waals surface area contributed by atoms with Gasteiger partial charge in [0, 0.05) is 23.8 Å². The van der Waals surface area contributed by atoms with Crippen molar-refractivity contribution in [2.24, 2.45) is 0 Å². The van der Waals surface area contributed by atoms with Crippen molar-refractivity contribution in [1.29, 1.82) is 0 Å². The first-order chi connectivity index (χ1) is 14.1. The molecule has 4 aromatic rings. The number of hydrogen-bond acceptors (Lipinski definition) is 6. The summed E-state index contributed by atoms with van der Waals surface area (Å²) >= 11 is 7.75. The lowest BCUT2D eigenvalue weighted by Gasteiger charge is -2.14. The van der Waals surface area contributed by atoms with Crippen LogP contribution in [0.15, 0.2) is 66.9 Å². The first-order valence-corrected chi connectivity index (χ1v) is 10.4. The van der Waals surface area contributed by atoms with Crippen LogP contribution >= 0.6 is 22.9 Å². The molecule has 0 aliphatic rings. The summed E-state index contributed by atoms with van der Waals surface area (Å²) in [6, 6.07) is 19.9. The Hall–Kier alpha value is -2.96. The van der Waals surface area contributed by atoms with Gasteiger partial charge >= 0.3 is 0 Å². The maximum atomic E-state index is 6.20. The van der Waals surface area contributed by atoms with Crippen LogP contribution in [-0.4, -0.2) is 22.0 Å². The van der Waals surface area contributed by atoms with Crippen LogP contribution in [0.3, 0.4) is 0 Å². The molecular weight excluding hydrogens is 402 g/mol. The zero-order valence-electron chi connectivity index (χ0n) is 16.1. The summed E-state index contributed by atoms with van der Waals surface area (Å²) in [5, 5.41) is 8.00. The van der Waals surface area contributed by atoms with Crippen LogP contribution in [0.25, 0.3) is 21.8 Å². The first kappa shape index (κ1) is 19.4. The number of thiazole rings is 1. The van der Waals surface area contributed by atoms with Gasteiger partial charge in [0.05, 0.1) is 22.3 Å². The van der Waals surface area contributed by atoms with Gasteiger partial charge in [0.15, 0.2) is 5.13 Å². The smallest absolute Gasteiger partial charge is 0.223 e. The van der Waals surface area contributed by atoms with Gasteiger partial charge in [-0.15, -0.1) is 0 Å². The van der Waals surface area contributed by atoms with E-state index in [1.54, 1.807) is 17.5 Å². The highest BCUT2D eigenvalue weighted by molar-refractivity contribution is 7.19. The molecule has 1 atom stereocenters. The van der Waals surface area contributed by atoms with Crippen LogP contribution < -0.4 is 10.6 Å². The van der Waals surface area contributed by atoms with E-state index in [1.807, 2.05) is 55.6 Å². The van der Waals surface area contributed by atoms with Crippen molar-refractivity contribution < 1.29 is 0 Å². The molecule has 5 nitrogen and oxygen atoms in total. The Labute approximate surface area is 178 Å². The standard InChI is InChI=1S/C22H20ClN5S/c1-14(15-7-4-3-5-8-15)26-21-25-12-11-18(27-21)20-19(28-22(24-2)29-20)16-9-6-10-17(23)13-16/h3-14H,1-2H3,(H,24,28)(H,25,26,27)/t14-/m0/s1. The quantitative estimate of drug-likeness (QED) is 0.391. The third-order valence-electron chi connectivity index (χ3n) is 4.47. The molecule has 0 aliphatic heterocycles. The Kier molecular flexibility index (Phi) is 5.74. The Balaban J connectivity index is 1.69. The predicted octanol–water partition coefficient (Wildman–Crippen LogP) is 6.14. The van der Waals surface area contributed by atoms with Crippen molar-refractivity contribution in [3.05, 3.63) is 77.4 Å². The summed E-state index contributed by atoms with van der Waals surface area (Å²) in [4.78, 5) is 14.8. The predicted molar refractivity (Wildman–Crippen MR) is 122 cm³/mol. The zero-order chi connectivity index (χ0) is 20.2. The van der Waals surface area contributed by atoms with E-state index in [1.165, 1.54) is 5.56 Å². The van der Waals surface area contributed by atoms with Crippen LogP contribution in [0.2, 0.25) is 5.02 Å². The second-order valence-electron chi connectivity index (χ2n) is 6.50. The van der Waals surface area contributed by atoms with Gasteiger partial charge in [0.1, 0.15) is 0 Å². The molecule has 2 heterocycles. The Bertz CT molecular complexity index is 1110. The van der Waals surface area contributed by atoms with Gasteiger partial charge in [-0.25, -0.2) is 15.0 Å². The van der Waals surface area contributed by atoms with Crippen molar-refractivity contribution in [3.8, 4) is 21.8 Å². The second kappa shape index (κ2) is 8.59. The minimum atomic E-state index is 0.0909. The molecule has 29 heavy (non-hydrogen) atoms. The third-order valence-corrected chi connectivity index (χ3v) is 5.80. The molecule has 2 aromatic heterocycles. The van der Waals surface area contributed by atoms with Gasteiger partial charge in [0.2, 0.25) is 5.95 Å². The topological polar surface area (TPSA) is 62.7 Å². The molecule has 146 valence electrons. The molecule has 0 radical (unpaired) electrons. The van der Waals surface area contributed by atoms with E-state index in [0.717, 1.165) is 27.0 Å². The summed E-state index contributed by atoms with van der Waals surface area (Å²) in [6.45, 7) is 2.09. The Morgan fingerprint density at radius 1 is 1.00 bits per heavy atom. The molecule has 2 aromatic carbocycles. The average molecular weight is 422 g/mol. The van der Waals surface area contributed by atoms with E-state index in [4.69, 9.17) is 21.6 Å². The number of nitrogens with zero attached hydrogens (tertiary/aromatic N) is 3. The van der Waals surface area contributed by atoms with Crippen LogP contribution in [-0.2, 0) is 0 Å². The lowest BCUT2D eigenvalue weighted by Crippen LogP contribution is -2.09. The second-order valence-corrected chi connectivity index (χ2v) is 7.93. The number of benzene rings is 2. The summed E-state index contributed by atoms with van der Waals surface area (Å²) in [7, 11) is 1.86. The van der Waals surface area contributed by atoms with Crippen LogP contribution in [0.1, 0.15) is 18.5 Å². The van der Waals surface area contributed by atoms with Crippen molar-refractivity contribution in [2.75, 3.05) is 17.7 Å². The average Bonchev–Trinajstić information content (AvgIpc) is 3.19. The number of nitrogens with one attached hydrogen (secondary N) is 2. The molecule has 0 aliphatic carbocycles. The molecule has 2 N–H and O–H groups in total. The molecule has 0 bridgehead atoms. The summed E-state index contributed by atoms with van der Waals surface area (Å²) in [5.74, 6) is 0.579. The van der Waals surface area contributed by atoms with Crippen LogP contribution in [0.5, 0.6) is 0 Å². The largest absolute Gasteiger partial charge is 0.365 e. The van der Waals surface area contributed by atoms with Gasteiger partial charge in [0.25, 0.3) is 0 Å². The minimum absolute atomic E-state index is 0.0909. The van der Waals surface area contributed by atoms with Gasteiger partial charge in [-0.1, -0.05) is 65.4 Å². The van der Waals surface area contributed by atoms with E-state index in [9.17, 15) is 0 Å². The summed E-state index contributed by atoms with van der Waals surface area (Å²) in [6.07, 6.45) is 1.77. The Morgan fingerprint density at radius 3 is 2.59 bits per heavy atom. The molecule has 0 saturated carbocycles. The number of hydrogen-bond donors (Lipinski definition) is 2. The normalized spacial score (nSPS) is 11.8. The maximum Gasteiger partial charge on any atom is 0.223 e. The Morgan fingerprint density at radius 2 is 1.83 bits per heavy atom. The van der Waals surface area contributed by atoms with E-state index < -0.39 is 0 Å². The molecule has 7 heteroatoms. The first-order valence-electron chi connectivity index (χ1n) is 9.23. The van der Waals surface area contributed by atoms with E-state index in [-0.39, 0.29) is 6.04 Å². The molecule has 0 saturated heterocycles. The highest BCUT2D eigenvalue weighted by atomic mass is 35.5. The van der Waals surface area contributed by atoms with Crippen molar-refractivity contribution in [2.45, 2.75) is 13.0 Å². The van der Waals surface area contributed by atoms with E-state index in [0.29, 0.717) is 11.0 Å². The SMILES string of the molecule is CNc1nc(-c2cccc(Cl)c2)c(-c2ccnc(N[C@@H](C)c3ccccc3)n2)s1. The summed E-state index contributed by atoms with van der Waals surface area (Å²) < 4.78 is 0. The number of anilines is 2. The highest BCUT2D eigenvalue weighted by Gasteiger charge is 2.17. The monoisotopic (exact) mass is 421 g/mol. The molecule has 0 fully saturated rings. The van der Waals surface area contributed by atoms with Crippen LogP contribution in [0.4, 0.5) is 11.1 Å². The van der Waals surface area contributed by atoms with Crippen molar-refractivity contribution >= 4 is 34.0 Å². The fourth-order valence-electron chi connectivity index (χ4n) is 3.01. The molecular formula is C22H20ClN5S. The zero-order valence-corrected chi connectivity index (χ0v) is 17.6. The number of aromatic nitrogens is 3. The van der Waals surface area contributed by atoms with Gasteiger partial charge < -0.3 is 10.6 Å². The maximum absolute atomic E-state index is 6.20. The molecule has 4 rings (SSSR count). The van der Waals surface area contributed by atoms with Crippen molar-refractivity contribution in [3.63, 3.8) is 0 Å². The fourth-order valence-corrected chi connectivity index (χ4v) is 4.11. The third kappa shape index (κ3) is 4.39. The summed E-state index contributed by atoms with van der Waals surface area (Å²) in [5.41, 5.74) is 3.80. The van der Waals surface area contributed by atoms with Crippen molar-refractivity contribution in [1.82, 2.24) is 15.0 Å². The number of rotatable bonds is 6. The number of halogens is 1. The van der Waals surface area contributed by atoms with Gasteiger partial charge in [-0.05, 0) is 30.7 Å². The lowest BCUT2D eigenvalue weighted by atomic mass is 10.1.